The number of rotatable bonds is 24. The number of Topliss-reactive ketones (excluding diaryl/α,β-unsaturated/α-hetero) is 2. The normalized spacial score (nSPS) is 24.1. The van der Waals surface area contributed by atoms with E-state index in [0.717, 1.165) is 21.6 Å². The average molecular weight is 1790 g/mol. The number of imidazole rings is 1. The lowest BCUT2D eigenvalue weighted by molar-refractivity contribution is -0.149. The van der Waals surface area contributed by atoms with Gasteiger partial charge in [-0.15, -0.1) is 11.8 Å². The molecule has 6 aromatic rings. The van der Waals surface area contributed by atoms with E-state index < -0.39 is 211 Å². The number of hydrogen-bond donors (Lipinski definition) is 16. The minimum absolute atomic E-state index is 0.0128. The Labute approximate surface area is 748 Å². The van der Waals surface area contributed by atoms with Crippen molar-refractivity contribution in [3.63, 3.8) is 0 Å². The topological polar surface area (TPSA) is 568 Å². The zero-order chi connectivity index (χ0) is 93.6. The van der Waals surface area contributed by atoms with Gasteiger partial charge in [-0.2, -0.15) is 0 Å². The number of unbranched alkanes of at least 4 members (excludes halogenated alkanes) is 2. The highest BCUT2D eigenvalue weighted by Gasteiger charge is 2.44. The van der Waals surface area contributed by atoms with Crippen molar-refractivity contribution in [3.8, 4) is 0 Å². The molecule has 19 N–H and O–H groups in total. The first-order valence-corrected chi connectivity index (χ1v) is 44.6. The van der Waals surface area contributed by atoms with Gasteiger partial charge >= 0.3 is 0 Å². The van der Waals surface area contributed by atoms with Gasteiger partial charge in [0, 0.05) is 138 Å². The molecule has 0 aliphatic carbocycles. The largest absolute Gasteiger partial charge is 0.394 e. The summed E-state index contributed by atoms with van der Waals surface area (Å²) >= 11 is 0.861. The number of ketones is 2. The second-order valence-electron chi connectivity index (χ2n) is 33.5. The number of nitrogens with two attached hydrogens (primary N) is 3. The molecule has 8 rings (SSSR count). The van der Waals surface area contributed by atoms with Crippen LogP contribution in [0.1, 0.15) is 147 Å². The standard InChI is InChI=1S/C89H125N21O17S/c1-10-12-30-70-73(112)40-54(25-21-33-95-89(92)93)80(119)105-69(78(91)117)48-128-49-77(116)100-65(36-53-23-15-14-16-24-53)85(124)107(7)52(5)79(118)101-67(42-75(90)114)87(126)110-34-22-32-71(110)74(113)41-55(37-58-45-94-50-98-58)81(120)102-64(35-51(3)4)84(123)106(6)46-76(115)99-63(38-56-43-96-61-28-19-17-26-59(56)61)82(121)104-68(47-111)83(122)103-66(39-57-44-97-62-29-20-18-27-60(57)62)86(125)109(9)72(31-13-11-2)88(127)108(70)8/h14-20,23-24,26-29,43-45,50-52,54-55,63-72,96-97,111H,10-13,21-22,25,30-42,46-49H2,1-9H3,(H2,90,114)(H2,91,117)(H,94,98)(H,99,115)(H,100,116)(H,101,118)(H,102,120)(H,103,122)(H,104,121)(H,105,119)(H4,92,93,95)/t52-,54+,55+,63-,64-,65-,66-,67-,68-,69-,70-,71?,72-/m0/s1. The van der Waals surface area contributed by atoms with Gasteiger partial charge in [0.15, 0.2) is 17.5 Å². The summed E-state index contributed by atoms with van der Waals surface area (Å²) in [4.78, 5) is 254. The molecule has 2 saturated heterocycles. The maximum atomic E-state index is 15.7. The fourth-order valence-electron chi connectivity index (χ4n) is 16.1. The van der Waals surface area contributed by atoms with Crippen molar-refractivity contribution in [2.75, 3.05) is 65.9 Å². The van der Waals surface area contributed by atoms with Gasteiger partial charge in [-0.3, -0.25) is 82.1 Å². The Morgan fingerprint density at radius 3 is 1.73 bits per heavy atom. The van der Waals surface area contributed by atoms with Crippen molar-refractivity contribution in [1.29, 1.82) is 5.41 Å². The minimum Gasteiger partial charge on any atom is -0.394 e. The number of fused-ring (bicyclic) bond motifs is 3. The van der Waals surface area contributed by atoms with Gasteiger partial charge in [-0.25, -0.2) is 4.98 Å². The van der Waals surface area contributed by atoms with Crippen LogP contribution < -0.4 is 59.7 Å². The van der Waals surface area contributed by atoms with Gasteiger partial charge in [-0.1, -0.05) is 120 Å². The minimum atomic E-state index is -1.82. The highest BCUT2D eigenvalue weighted by atomic mass is 32.2. The van der Waals surface area contributed by atoms with Crippen molar-refractivity contribution >= 4 is 134 Å². The number of benzene rings is 3. The number of aliphatic hydroxyl groups is 1. The molecule has 3 aromatic carbocycles. The molecule has 128 heavy (non-hydrogen) atoms. The van der Waals surface area contributed by atoms with Crippen LogP contribution in [0.3, 0.4) is 0 Å². The Bertz CT molecular complexity index is 4890. The number of primary amides is 2. The zero-order valence-corrected chi connectivity index (χ0v) is 75.0. The van der Waals surface area contributed by atoms with Crippen LogP contribution in [0.2, 0.25) is 0 Å². The fraction of sp³-hybridized carbons (Fsp3) is 0.528. The smallest absolute Gasteiger partial charge is 0.246 e. The first kappa shape index (κ1) is 101. The molecule has 0 radical (unpaired) electrons. The number of nitrogens with zero attached hydrogens (tertiary/aromatic N) is 6. The van der Waals surface area contributed by atoms with E-state index in [0.29, 0.717) is 69.9 Å². The molecule has 2 aliphatic rings. The Balaban J connectivity index is 1.16. The molecule has 2 aliphatic heterocycles. The highest BCUT2D eigenvalue weighted by Crippen LogP contribution is 2.29. The number of carbonyl (C=O) groups is 16. The number of hydrogen-bond acceptors (Lipinski definition) is 20. The quantitative estimate of drug-likeness (QED) is 0.0228. The van der Waals surface area contributed by atoms with Crippen LogP contribution in [0.5, 0.6) is 0 Å². The highest BCUT2D eigenvalue weighted by molar-refractivity contribution is 8.00. The van der Waals surface area contributed by atoms with Gasteiger partial charge in [0.1, 0.15) is 54.4 Å². The van der Waals surface area contributed by atoms with E-state index in [1.165, 1.54) is 62.3 Å². The Morgan fingerprint density at radius 1 is 0.570 bits per heavy atom. The van der Waals surface area contributed by atoms with Crippen LogP contribution in [0.25, 0.3) is 21.8 Å². The third kappa shape index (κ3) is 28.7. The molecule has 0 saturated carbocycles. The molecule has 38 nitrogen and oxygen atoms in total. The van der Waals surface area contributed by atoms with Crippen LogP contribution in [0, 0.1) is 23.2 Å². The molecule has 13 atom stereocenters. The van der Waals surface area contributed by atoms with Gasteiger partial charge in [0.2, 0.25) is 82.7 Å². The molecule has 3 aromatic heterocycles. The summed E-state index contributed by atoms with van der Waals surface area (Å²) in [6.07, 6.45) is 6.15. The van der Waals surface area contributed by atoms with E-state index in [4.69, 9.17) is 22.6 Å². The monoisotopic (exact) mass is 1790 g/mol. The van der Waals surface area contributed by atoms with Crippen molar-refractivity contribution in [2.24, 2.45) is 35.0 Å². The van der Waals surface area contributed by atoms with E-state index in [2.05, 4.69) is 62.5 Å². The Morgan fingerprint density at radius 2 is 1.12 bits per heavy atom. The number of thioether (sulfide) groups is 1. The van der Waals surface area contributed by atoms with E-state index in [9.17, 15) is 57.8 Å². The molecule has 5 heterocycles. The predicted molar refractivity (Wildman–Crippen MR) is 479 cm³/mol. The Hall–Kier alpha value is -12.6. The number of aromatic nitrogens is 4. The van der Waals surface area contributed by atoms with Crippen molar-refractivity contribution in [3.05, 3.63) is 126 Å². The van der Waals surface area contributed by atoms with Gasteiger partial charge < -0.3 is 104 Å². The molecular formula is C89H125N21O17S. The SMILES string of the molecule is CCCC[C@H]1C(=O)N(C)[C@@H](CCCC)C(=O)C[C@@H](CCCNC(=N)N)C(=O)N[C@H](C(N)=O)CSCC(=O)N[C@@H](Cc2ccccc2)C(=O)N(C)[C@@H](C)C(=O)N[C@@H](CC(N)=O)C(=O)N2CCCC2C(=O)C[C@@H](Cc2cnc[nH]2)C(=O)N[C@@H](CC(C)C)C(=O)N(C)CC(=O)N[C@@H](Cc2c[nH]c3ccccc23)C(=O)N[C@@H](CO)C(=O)N[C@@H](Cc2c[nH]c3ccccc23)C(=O)N1C. The lowest BCUT2D eigenvalue weighted by Gasteiger charge is -2.36. The van der Waals surface area contributed by atoms with Gasteiger partial charge in [0.05, 0.1) is 49.7 Å². The Kier molecular flexibility index (Phi) is 38.6. The summed E-state index contributed by atoms with van der Waals surface area (Å²) in [6, 6.07) is 6.94. The second-order valence-corrected chi connectivity index (χ2v) is 34.5. The first-order valence-electron chi connectivity index (χ1n) is 43.5. The molecule has 0 spiro atoms. The predicted octanol–water partition coefficient (Wildman–Crippen LogP) is 0.927. The number of nitrogens with one attached hydrogen (secondary N) is 12. The maximum Gasteiger partial charge on any atom is 0.246 e. The summed E-state index contributed by atoms with van der Waals surface area (Å²) in [5.41, 5.74) is 20.7. The van der Waals surface area contributed by atoms with Crippen LogP contribution >= 0.6 is 11.8 Å². The van der Waals surface area contributed by atoms with Crippen molar-refractivity contribution < 1.29 is 81.8 Å². The number of aliphatic hydroxyl groups excluding tert-OH is 1. The van der Waals surface area contributed by atoms with E-state index in [1.807, 2.05) is 13.8 Å². The lowest BCUT2D eigenvalue weighted by atomic mass is 9.90. The third-order valence-electron chi connectivity index (χ3n) is 23.3. The van der Waals surface area contributed by atoms with Crippen LogP contribution in [-0.4, -0.2) is 282 Å². The number of para-hydroxylation sites is 2. The molecule has 2 fully saturated rings. The van der Waals surface area contributed by atoms with Crippen LogP contribution in [0.4, 0.5) is 0 Å². The van der Waals surface area contributed by atoms with E-state index in [1.54, 1.807) is 105 Å². The lowest BCUT2D eigenvalue weighted by Crippen LogP contribution is -2.60. The van der Waals surface area contributed by atoms with Gasteiger partial charge in [0.25, 0.3) is 0 Å². The van der Waals surface area contributed by atoms with Crippen molar-refractivity contribution in [2.45, 2.75) is 217 Å². The number of H-pyrrole nitrogens is 3. The van der Waals surface area contributed by atoms with E-state index >= 15 is 24.0 Å². The van der Waals surface area contributed by atoms with Gasteiger partial charge in [-0.05, 0) is 86.6 Å². The summed E-state index contributed by atoms with van der Waals surface area (Å²) < 4.78 is 0. The molecule has 14 amide bonds. The summed E-state index contributed by atoms with van der Waals surface area (Å²) in [6.45, 7) is 6.95. The summed E-state index contributed by atoms with van der Waals surface area (Å²) in [7, 11) is 5.39. The molecule has 39 heteroatoms. The maximum absolute atomic E-state index is 15.7. The van der Waals surface area contributed by atoms with E-state index in [-0.39, 0.29) is 101 Å². The summed E-state index contributed by atoms with van der Waals surface area (Å²) in [5.74, 6) is -17.1. The third-order valence-corrected chi connectivity index (χ3v) is 24.4. The van der Waals surface area contributed by atoms with Crippen LogP contribution in [0.15, 0.2) is 104 Å². The van der Waals surface area contributed by atoms with Crippen LogP contribution in [-0.2, 0) is 102 Å². The summed E-state index contributed by atoms with van der Waals surface area (Å²) in [5, 5.41) is 41.8. The number of guanidine groups is 1. The fourth-order valence-corrected chi connectivity index (χ4v) is 17.0. The zero-order valence-electron chi connectivity index (χ0n) is 74.2. The molecule has 1 unspecified atom stereocenters. The molecule has 694 valence electrons. The number of amides is 14. The second kappa shape index (κ2) is 49.0. The number of aromatic amines is 3. The first-order chi connectivity index (χ1) is 61.0. The molecular weight excluding hydrogens is 1670 g/mol. The van der Waals surface area contributed by atoms with Crippen molar-refractivity contribution in [1.82, 2.24) is 87.0 Å². The molecule has 0 bridgehead atoms. The number of likely N-dealkylation sites (N-methyl/N-ethyl adjacent to an activating group) is 4. The average Bonchev–Trinajstić information content (AvgIpc) is 1.60. The number of carbonyl (C=O) groups excluding carboxylic acids is 16.